The van der Waals surface area contributed by atoms with Gasteiger partial charge in [-0.15, -0.1) is 21.2 Å². The number of thiocarbonyl (C=S) groups is 1. The van der Waals surface area contributed by atoms with Gasteiger partial charge in [-0.25, -0.2) is 0 Å². The van der Waals surface area contributed by atoms with Crippen LogP contribution in [0.1, 0.15) is 0 Å². The normalized spacial score (nSPS) is 16.2. The van der Waals surface area contributed by atoms with Crippen molar-refractivity contribution in [2.24, 2.45) is 0 Å². The van der Waals surface area contributed by atoms with Crippen LogP contribution in [0.5, 0.6) is 0 Å². The van der Waals surface area contributed by atoms with Crippen molar-refractivity contribution in [2.75, 3.05) is 52.9 Å². The number of hydrogen-bond donors (Lipinski definition) is 4. The zero-order valence-electron chi connectivity index (χ0n) is 20.4. The van der Waals surface area contributed by atoms with Crippen molar-refractivity contribution in [1.29, 1.82) is 0 Å². The summed E-state index contributed by atoms with van der Waals surface area (Å²) >= 11 is 5.46. The Labute approximate surface area is 226 Å². The van der Waals surface area contributed by atoms with E-state index in [1.54, 1.807) is 12.2 Å². The Bertz CT molecular complexity index is 935. The highest BCUT2D eigenvalue weighted by molar-refractivity contribution is 8.43. The monoisotopic (exact) mass is 570 g/mol. The van der Waals surface area contributed by atoms with Crippen molar-refractivity contribution in [3.63, 3.8) is 0 Å². The minimum atomic E-state index is -2.98. The summed E-state index contributed by atoms with van der Waals surface area (Å²) in [6, 6.07) is 18.5. The minimum Gasteiger partial charge on any atom is -0.394 e. The van der Waals surface area contributed by atoms with Crippen LogP contribution in [-0.2, 0) is 16.7 Å². The lowest BCUT2D eigenvalue weighted by Crippen LogP contribution is -2.44. The lowest BCUT2D eigenvalue weighted by atomic mass is 10.2. The third-order valence-electron chi connectivity index (χ3n) is 5.27. The van der Waals surface area contributed by atoms with Gasteiger partial charge in [0.2, 0.25) is 0 Å². The van der Waals surface area contributed by atoms with E-state index in [0.29, 0.717) is 14.7 Å². The summed E-state index contributed by atoms with van der Waals surface area (Å²) in [4.78, 5) is 1.88. The molecule has 0 heterocycles. The Kier molecular flexibility index (Phi) is 11.7. The van der Waals surface area contributed by atoms with Crippen LogP contribution in [0, 0.1) is 0 Å². The van der Waals surface area contributed by atoms with E-state index < -0.39 is 25.3 Å². The molecular formula is C26H34O8S3. The molecule has 0 fully saturated rings. The van der Waals surface area contributed by atoms with Gasteiger partial charge in [0.1, 0.15) is 0 Å². The van der Waals surface area contributed by atoms with Gasteiger partial charge in [0.25, 0.3) is 0 Å². The van der Waals surface area contributed by atoms with Crippen molar-refractivity contribution >= 4 is 38.3 Å². The average molecular weight is 571 g/mol. The quantitative estimate of drug-likeness (QED) is 0.225. The zero-order chi connectivity index (χ0) is 26.6. The first-order valence-electron chi connectivity index (χ1n) is 11.7. The van der Waals surface area contributed by atoms with E-state index in [4.69, 9.17) is 29.0 Å². The highest BCUT2D eigenvalue weighted by Crippen LogP contribution is 2.84. The number of hydrogen-bond acceptors (Lipinski definition) is 9. The first-order valence-corrected chi connectivity index (χ1v) is 15.1. The molecule has 0 radical (unpaired) electrons. The number of benzene rings is 2. The van der Waals surface area contributed by atoms with Crippen LogP contribution >= 0.6 is 33.4 Å². The van der Waals surface area contributed by atoms with Gasteiger partial charge in [-0.1, -0.05) is 48.6 Å². The fourth-order valence-corrected chi connectivity index (χ4v) is 11.8. The van der Waals surface area contributed by atoms with Crippen LogP contribution in [-0.4, -0.2) is 82.2 Å². The molecule has 1 aliphatic rings. The van der Waals surface area contributed by atoms with Crippen LogP contribution in [0.3, 0.4) is 0 Å². The summed E-state index contributed by atoms with van der Waals surface area (Å²) < 4.78 is 24.8. The summed E-state index contributed by atoms with van der Waals surface area (Å²) in [6.07, 6.45) is 7.17. The Hall–Kier alpha value is -1.61. The molecule has 0 bridgehead atoms. The summed E-state index contributed by atoms with van der Waals surface area (Å²) in [5, 5.41) is 39.3. The molecule has 3 rings (SSSR count). The predicted octanol–water partition coefficient (Wildman–Crippen LogP) is 3.60. The number of aliphatic hydroxyl groups excluding tert-OH is 4. The maximum Gasteiger partial charge on any atom is 0.194 e. The molecule has 8 nitrogen and oxygen atoms in total. The van der Waals surface area contributed by atoms with E-state index in [1.165, 1.54) is 0 Å². The van der Waals surface area contributed by atoms with Crippen LogP contribution < -0.4 is 0 Å². The summed E-state index contributed by atoms with van der Waals surface area (Å²) in [5.41, 5.74) is 0. The van der Waals surface area contributed by atoms with Gasteiger partial charge in [-0.2, -0.15) is 0 Å². The molecule has 0 spiro atoms. The first kappa shape index (κ1) is 29.9. The molecule has 204 valence electrons. The zero-order valence-corrected chi connectivity index (χ0v) is 22.8. The van der Waals surface area contributed by atoms with Crippen molar-refractivity contribution in [3.05, 3.63) is 85.0 Å². The van der Waals surface area contributed by atoms with Crippen LogP contribution in [0.2, 0.25) is 0 Å². The second-order valence-corrected chi connectivity index (χ2v) is 13.6. The third kappa shape index (κ3) is 6.18. The van der Waals surface area contributed by atoms with E-state index in [2.05, 4.69) is 0 Å². The van der Waals surface area contributed by atoms with Crippen LogP contribution in [0.4, 0.5) is 0 Å². The molecule has 4 N–H and O–H groups in total. The molecule has 0 amide bonds. The Morgan fingerprint density at radius 1 is 0.568 bits per heavy atom. The van der Waals surface area contributed by atoms with Crippen LogP contribution in [0.15, 0.2) is 94.8 Å². The van der Waals surface area contributed by atoms with Gasteiger partial charge in [0.15, 0.2) is 4.08 Å². The summed E-state index contributed by atoms with van der Waals surface area (Å²) in [5.74, 6) is 0. The summed E-state index contributed by atoms with van der Waals surface area (Å²) in [7, 11) is -5.96. The fraction of sp³-hybridized carbons (Fsp3) is 0.346. The molecule has 11 heteroatoms. The summed E-state index contributed by atoms with van der Waals surface area (Å²) in [6.45, 7) is -1.43. The van der Waals surface area contributed by atoms with E-state index in [9.17, 15) is 20.4 Å². The number of aliphatic hydroxyl groups is 4. The second kappa shape index (κ2) is 14.5. The topological polar surface area (TPSA) is 118 Å². The largest absolute Gasteiger partial charge is 0.394 e. The molecule has 37 heavy (non-hydrogen) atoms. The molecular weight excluding hydrogens is 536 g/mol. The molecule has 1 aliphatic carbocycles. The van der Waals surface area contributed by atoms with Crippen molar-refractivity contribution in [3.8, 4) is 0 Å². The van der Waals surface area contributed by atoms with Gasteiger partial charge in [0, 0.05) is 4.86 Å². The lowest BCUT2D eigenvalue weighted by molar-refractivity contribution is 0.156. The second-order valence-electron chi connectivity index (χ2n) is 7.61. The highest BCUT2D eigenvalue weighted by atomic mass is 32.3. The number of rotatable bonds is 16. The van der Waals surface area contributed by atoms with E-state index in [1.807, 2.05) is 72.8 Å². The van der Waals surface area contributed by atoms with Crippen molar-refractivity contribution in [1.82, 2.24) is 0 Å². The molecule has 0 aliphatic heterocycles. The molecule has 0 saturated heterocycles. The van der Waals surface area contributed by atoms with Crippen LogP contribution in [0.25, 0.3) is 0 Å². The highest BCUT2D eigenvalue weighted by Gasteiger charge is 2.58. The molecule has 2 aromatic carbocycles. The molecule has 0 unspecified atom stereocenters. The molecule has 0 atom stereocenters. The molecule has 0 saturated carbocycles. The van der Waals surface area contributed by atoms with E-state index in [0.717, 1.165) is 0 Å². The Balaban J connectivity index is 2.47. The van der Waals surface area contributed by atoms with Gasteiger partial charge in [0.05, 0.1) is 62.6 Å². The Morgan fingerprint density at radius 3 is 1.19 bits per heavy atom. The predicted molar refractivity (Wildman–Crippen MR) is 150 cm³/mol. The maximum absolute atomic E-state index is 9.83. The van der Waals surface area contributed by atoms with E-state index >= 15 is 0 Å². The molecule has 2 aromatic rings. The van der Waals surface area contributed by atoms with Gasteiger partial charge < -0.3 is 20.4 Å². The average Bonchev–Trinajstić information content (AvgIpc) is 2.95. The van der Waals surface area contributed by atoms with E-state index in [-0.39, 0.29) is 52.9 Å². The lowest BCUT2D eigenvalue weighted by Gasteiger charge is -2.64. The van der Waals surface area contributed by atoms with Gasteiger partial charge in [-0.3, -0.25) is 16.7 Å². The standard InChI is InChI=1S/C26H34O8S3/c27-15-19-31-36(32-20-16-28,24-7-3-1-4-8-24)26(13-11-23(35)12-14-26)37(33-21-17-29,34-22-18-30)25-9-5-2-6-10-25/h1-14,27-30H,15-22H2. The minimum absolute atomic E-state index is 0.0756. The Morgan fingerprint density at radius 2 is 0.892 bits per heavy atom. The fourth-order valence-electron chi connectivity index (χ4n) is 3.91. The number of allylic oxidation sites excluding steroid dienone is 2. The third-order valence-corrected chi connectivity index (χ3v) is 12.9. The first-order chi connectivity index (χ1) is 18.1. The van der Waals surface area contributed by atoms with Gasteiger partial charge >= 0.3 is 0 Å². The SMILES string of the molecule is OCCOS(OCCO)(c1ccccc1)C1(S(OCCO)(OCCO)c2ccccc2)C=CC(=S)C=C1. The van der Waals surface area contributed by atoms with Crippen molar-refractivity contribution < 1.29 is 37.2 Å². The smallest absolute Gasteiger partial charge is 0.194 e. The molecule has 0 aromatic heterocycles. The van der Waals surface area contributed by atoms with Crippen molar-refractivity contribution in [2.45, 2.75) is 13.9 Å². The maximum atomic E-state index is 9.83. The van der Waals surface area contributed by atoms with Gasteiger partial charge in [-0.05, 0) is 48.6 Å².